The minimum Gasteiger partial charge on any atom is -0.327 e. The average Bonchev–Trinajstić information content (AvgIpc) is 2.79. The summed E-state index contributed by atoms with van der Waals surface area (Å²) in [6, 6.07) is 15.5. The molecular formula is C21H20N2O3. The molecule has 0 bridgehead atoms. The van der Waals surface area contributed by atoms with Gasteiger partial charge in [0.1, 0.15) is 6.04 Å². The normalized spacial score (nSPS) is 19.6. The van der Waals surface area contributed by atoms with Crippen molar-refractivity contribution in [1.82, 2.24) is 4.90 Å². The van der Waals surface area contributed by atoms with E-state index in [9.17, 15) is 14.4 Å². The number of Topliss-reactive ketones (excluding diaryl/α,β-unsaturated/α-hetero) is 1. The highest BCUT2D eigenvalue weighted by molar-refractivity contribution is 6.14. The number of hydrogen-bond donors (Lipinski definition) is 0. The lowest BCUT2D eigenvalue weighted by Crippen LogP contribution is -2.51. The summed E-state index contributed by atoms with van der Waals surface area (Å²) in [6.07, 6.45) is 2.46. The second kappa shape index (κ2) is 6.75. The van der Waals surface area contributed by atoms with Crippen LogP contribution in [0.1, 0.15) is 40.0 Å². The van der Waals surface area contributed by atoms with Crippen molar-refractivity contribution in [2.24, 2.45) is 0 Å². The van der Waals surface area contributed by atoms with Gasteiger partial charge in [0.25, 0.3) is 5.91 Å². The van der Waals surface area contributed by atoms with Gasteiger partial charge in [-0.05, 0) is 31.4 Å². The van der Waals surface area contributed by atoms with Crippen LogP contribution in [0.15, 0.2) is 54.6 Å². The molecule has 4 rings (SSSR count). The first-order chi connectivity index (χ1) is 12.7. The topological polar surface area (TPSA) is 57.7 Å². The van der Waals surface area contributed by atoms with Gasteiger partial charge >= 0.3 is 0 Å². The molecule has 5 nitrogen and oxygen atoms in total. The molecule has 0 unspecified atom stereocenters. The van der Waals surface area contributed by atoms with Crippen LogP contribution in [0.2, 0.25) is 0 Å². The van der Waals surface area contributed by atoms with E-state index in [0.29, 0.717) is 29.8 Å². The molecule has 0 radical (unpaired) electrons. The van der Waals surface area contributed by atoms with Gasteiger partial charge in [-0.2, -0.15) is 0 Å². The molecule has 2 aromatic rings. The highest BCUT2D eigenvalue weighted by Gasteiger charge is 2.40. The molecule has 0 aliphatic carbocycles. The van der Waals surface area contributed by atoms with Gasteiger partial charge in [-0.1, -0.05) is 42.5 Å². The third-order valence-corrected chi connectivity index (χ3v) is 5.14. The number of hydrogen-bond acceptors (Lipinski definition) is 3. The molecule has 1 atom stereocenters. The Bertz CT molecular complexity index is 863. The van der Waals surface area contributed by atoms with Crippen LogP contribution in [0, 0.1) is 0 Å². The Labute approximate surface area is 152 Å². The highest BCUT2D eigenvalue weighted by Crippen LogP contribution is 2.31. The maximum absolute atomic E-state index is 13.2. The molecule has 132 valence electrons. The van der Waals surface area contributed by atoms with E-state index in [1.165, 1.54) is 4.90 Å². The van der Waals surface area contributed by atoms with Crippen LogP contribution in [0.3, 0.4) is 0 Å². The quantitative estimate of drug-likeness (QED) is 0.802. The van der Waals surface area contributed by atoms with Crippen LogP contribution in [-0.4, -0.2) is 41.6 Å². The van der Waals surface area contributed by atoms with Gasteiger partial charge in [-0.15, -0.1) is 0 Å². The number of ketones is 1. The van der Waals surface area contributed by atoms with Crippen molar-refractivity contribution >= 4 is 23.3 Å². The van der Waals surface area contributed by atoms with Gasteiger partial charge in [-0.25, -0.2) is 0 Å². The van der Waals surface area contributed by atoms with Crippen molar-refractivity contribution in [2.75, 3.05) is 18.0 Å². The maximum atomic E-state index is 13.2. The van der Waals surface area contributed by atoms with Crippen LogP contribution < -0.4 is 4.90 Å². The van der Waals surface area contributed by atoms with E-state index in [0.717, 1.165) is 12.8 Å². The smallest absolute Gasteiger partial charge is 0.256 e. The van der Waals surface area contributed by atoms with Crippen LogP contribution in [-0.2, 0) is 4.79 Å². The Morgan fingerprint density at radius 3 is 2.50 bits per heavy atom. The maximum Gasteiger partial charge on any atom is 0.256 e. The fourth-order valence-corrected chi connectivity index (χ4v) is 3.80. The Morgan fingerprint density at radius 1 is 0.962 bits per heavy atom. The molecule has 2 aliphatic rings. The third kappa shape index (κ3) is 2.79. The van der Waals surface area contributed by atoms with E-state index in [1.807, 2.05) is 6.07 Å². The number of piperidine rings is 1. The van der Waals surface area contributed by atoms with Crippen LogP contribution in [0.4, 0.5) is 5.69 Å². The Kier molecular flexibility index (Phi) is 4.29. The van der Waals surface area contributed by atoms with Crippen molar-refractivity contribution in [1.29, 1.82) is 0 Å². The van der Waals surface area contributed by atoms with Gasteiger partial charge in [0.15, 0.2) is 5.78 Å². The zero-order chi connectivity index (χ0) is 18.1. The van der Waals surface area contributed by atoms with Crippen LogP contribution >= 0.6 is 0 Å². The Morgan fingerprint density at radius 2 is 1.69 bits per heavy atom. The standard InChI is InChI=1S/C21H20N2O3/c24-19(15-8-2-1-3-9-15)14-23-17-11-5-4-10-16(17)20(25)22-13-7-6-12-18(22)21(23)26/h1-5,8-11,18H,6-7,12-14H2/t18-/m1/s1. The van der Waals surface area contributed by atoms with E-state index >= 15 is 0 Å². The van der Waals surface area contributed by atoms with E-state index < -0.39 is 6.04 Å². The predicted octanol–water partition coefficient (Wildman–Crippen LogP) is 2.91. The summed E-state index contributed by atoms with van der Waals surface area (Å²) in [5, 5.41) is 0. The number of fused-ring (bicyclic) bond motifs is 2. The second-order valence-corrected chi connectivity index (χ2v) is 6.74. The monoisotopic (exact) mass is 348 g/mol. The summed E-state index contributed by atoms with van der Waals surface area (Å²) in [4.78, 5) is 42.1. The summed E-state index contributed by atoms with van der Waals surface area (Å²) in [5.74, 6) is -0.411. The minimum atomic E-state index is -0.479. The average molecular weight is 348 g/mol. The SMILES string of the molecule is O=C(CN1C(=O)[C@H]2CCCCN2C(=O)c2ccccc21)c1ccccc1. The van der Waals surface area contributed by atoms with Crippen LogP contribution in [0.5, 0.6) is 0 Å². The number of anilines is 1. The van der Waals surface area contributed by atoms with Gasteiger partial charge in [0, 0.05) is 12.1 Å². The van der Waals surface area contributed by atoms with Crippen LogP contribution in [0.25, 0.3) is 0 Å². The van der Waals surface area contributed by atoms with Gasteiger partial charge in [0.2, 0.25) is 5.91 Å². The van der Waals surface area contributed by atoms with E-state index in [2.05, 4.69) is 0 Å². The number of rotatable bonds is 3. The molecule has 2 heterocycles. The van der Waals surface area contributed by atoms with Crippen molar-refractivity contribution in [3.05, 3.63) is 65.7 Å². The lowest BCUT2D eigenvalue weighted by molar-refractivity contribution is -0.123. The van der Waals surface area contributed by atoms with Crippen molar-refractivity contribution in [2.45, 2.75) is 25.3 Å². The lowest BCUT2D eigenvalue weighted by Gasteiger charge is -2.34. The van der Waals surface area contributed by atoms with E-state index in [-0.39, 0.29) is 24.1 Å². The molecule has 1 fully saturated rings. The molecule has 1 saturated heterocycles. The molecule has 0 spiro atoms. The Hall–Kier alpha value is -2.95. The number of nitrogens with zero attached hydrogens (tertiary/aromatic N) is 2. The highest BCUT2D eigenvalue weighted by atomic mass is 16.2. The summed E-state index contributed by atoms with van der Waals surface area (Å²) < 4.78 is 0. The fraction of sp³-hybridized carbons (Fsp3) is 0.286. The number of carbonyl (C=O) groups is 3. The van der Waals surface area contributed by atoms with Crippen molar-refractivity contribution < 1.29 is 14.4 Å². The summed E-state index contributed by atoms with van der Waals surface area (Å²) in [7, 11) is 0. The largest absolute Gasteiger partial charge is 0.327 e. The molecule has 2 amide bonds. The first-order valence-corrected chi connectivity index (χ1v) is 8.96. The molecule has 26 heavy (non-hydrogen) atoms. The molecule has 0 aromatic heterocycles. The lowest BCUT2D eigenvalue weighted by atomic mass is 10.0. The minimum absolute atomic E-state index is 0.0581. The van der Waals surface area contributed by atoms with Crippen molar-refractivity contribution in [3.63, 3.8) is 0 Å². The predicted molar refractivity (Wildman–Crippen MR) is 98.2 cm³/mol. The molecule has 5 heteroatoms. The number of benzene rings is 2. The number of amides is 2. The molecule has 0 N–H and O–H groups in total. The molecular weight excluding hydrogens is 328 g/mol. The Balaban J connectivity index is 1.74. The molecule has 2 aromatic carbocycles. The fourth-order valence-electron chi connectivity index (χ4n) is 3.80. The molecule has 2 aliphatic heterocycles. The summed E-state index contributed by atoms with van der Waals surface area (Å²) in [5.41, 5.74) is 1.58. The zero-order valence-electron chi connectivity index (χ0n) is 14.4. The van der Waals surface area contributed by atoms with Gasteiger partial charge < -0.3 is 9.80 Å². The number of carbonyl (C=O) groups excluding carboxylic acids is 3. The molecule has 0 saturated carbocycles. The van der Waals surface area contributed by atoms with Gasteiger partial charge in [0.05, 0.1) is 17.8 Å². The van der Waals surface area contributed by atoms with Crippen molar-refractivity contribution in [3.8, 4) is 0 Å². The summed E-state index contributed by atoms with van der Waals surface area (Å²) >= 11 is 0. The van der Waals surface area contributed by atoms with Gasteiger partial charge in [-0.3, -0.25) is 14.4 Å². The first kappa shape index (κ1) is 16.5. The van der Waals surface area contributed by atoms with E-state index in [1.54, 1.807) is 53.4 Å². The van der Waals surface area contributed by atoms with E-state index in [4.69, 9.17) is 0 Å². The first-order valence-electron chi connectivity index (χ1n) is 8.96. The summed E-state index contributed by atoms with van der Waals surface area (Å²) in [6.45, 7) is 0.529. The zero-order valence-corrected chi connectivity index (χ0v) is 14.4. The third-order valence-electron chi connectivity index (χ3n) is 5.14. The second-order valence-electron chi connectivity index (χ2n) is 6.74. The number of para-hydroxylation sites is 1.